The maximum Gasteiger partial charge on any atom is 0.0724 e. The van der Waals surface area contributed by atoms with Crippen LogP contribution in [0.3, 0.4) is 0 Å². The lowest BCUT2D eigenvalue weighted by Gasteiger charge is -2.30. The third-order valence-corrected chi connectivity index (χ3v) is 3.89. The fourth-order valence-corrected chi connectivity index (χ4v) is 2.16. The molecule has 1 rings (SSSR count). The lowest BCUT2D eigenvalue weighted by Crippen LogP contribution is -2.45. The van der Waals surface area contributed by atoms with Gasteiger partial charge in [-0.3, -0.25) is 0 Å². The summed E-state index contributed by atoms with van der Waals surface area (Å²) in [7, 11) is 1.81. The molecule has 0 spiro atoms. The molecule has 3 N–H and O–H groups in total. The van der Waals surface area contributed by atoms with Crippen LogP contribution in [0.25, 0.3) is 0 Å². The second kappa shape index (κ2) is 5.83. The summed E-state index contributed by atoms with van der Waals surface area (Å²) in [5.74, 6) is 0. The molecule has 0 aromatic heterocycles. The quantitative estimate of drug-likeness (QED) is 0.705. The van der Waals surface area contributed by atoms with E-state index < -0.39 is 0 Å². The molecule has 0 heterocycles. The van der Waals surface area contributed by atoms with Gasteiger partial charge in [-0.15, -0.1) is 0 Å². The van der Waals surface area contributed by atoms with Crippen molar-refractivity contribution in [1.82, 2.24) is 5.32 Å². The van der Waals surface area contributed by atoms with Crippen LogP contribution < -0.4 is 11.1 Å². The van der Waals surface area contributed by atoms with Crippen LogP contribution in [-0.4, -0.2) is 32.3 Å². The van der Waals surface area contributed by atoms with E-state index in [2.05, 4.69) is 19.2 Å². The van der Waals surface area contributed by atoms with Crippen LogP contribution in [0.15, 0.2) is 0 Å². The first kappa shape index (κ1) is 12.9. The molecule has 1 saturated carbocycles. The summed E-state index contributed by atoms with van der Waals surface area (Å²) >= 11 is 0. The Balaban J connectivity index is 2.35. The van der Waals surface area contributed by atoms with Gasteiger partial charge in [-0.1, -0.05) is 13.8 Å². The summed E-state index contributed by atoms with van der Waals surface area (Å²) in [6.45, 7) is 6.21. The van der Waals surface area contributed by atoms with Gasteiger partial charge in [0.1, 0.15) is 0 Å². The zero-order valence-corrected chi connectivity index (χ0v) is 10.4. The zero-order chi connectivity index (χ0) is 11.3. The molecule has 90 valence electrons. The first-order chi connectivity index (χ1) is 7.15. The molecule has 3 nitrogen and oxygen atoms in total. The van der Waals surface area contributed by atoms with Gasteiger partial charge in [-0.05, 0) is 37.6 Å². The van der Waals surface area contributed by atoms with Gasteiger partial charge in [0.05, 0.1) is 6.10 Å². The van der Waals surface area contributed by atoms with Crippen LogP contribution in [0.5, 0.6) is 0 Å². The summed E-state index contributed by atoms with van der Waals surface area (Å²) in [5.41, 5.74) is 6.04. The van der Waals surface area contributed by atoms with Gasteiger partial charge in [-0.2, -0.15) is 0 Å². The Bertz CT molecular complexity index is 180. The number of hydrogen-bond acceptors (Lipinski definition) is 3. The molecule has 3 heteroatoms. The number of ether oxygens (including phenoxy) is 1. The fraction of sp³-hybridized carbons (Fsp3) is 1.00. The first-order valence-corrected chi connectivity index (χ1v) is 6.11. The molecule has 3 unspecified atom stereocenters. The molecule has 0 aromatic carbocycles. The highest BCUT2D eigenvalue weighted by Gasteiger charge is 2.29. The van der Waals surface area contributed by atoms with Crippen molar-refractivity contribution in [3.8, 4) is 0 Å². The van der Waals surface area contributed by atoms with Crippen molar-refractivity contribution in [2.75, 3.05) is 20.2 Å². The number of nitrogens with one attached hydrogen (secondary N) is 1. The Morgan fingerprint density at radius 3 is 2.73 bits per heavy atom. The van der Waals surface area contributed by atoms with Crippen molar-refractivity contribution in [3.63, 3.8) is 0 Å². The highest BCUT2D eigenvalue weighted by molar-refractivity contribution is 4.86. The lowest BCUT2D eigenvalue weighted by atomic mass is 9.87. The Labute approximate surface area is 93.8 Å². The van der Waals surface area contributed by atoms with Crippen LogP contribution in [0.1, 0.15) is 39.5 Å². The van der Waals surface area contributed by atoms with E-state index in [9.17, 15) is 0 Å². The summed E-state index contributed by atoms with van der Waals surface area (Å²) < 4.78 is 5.46. The van der Waals surface area contributed by atoms with E-state index in [1.165, 1.54) is 19.3 Å². The molecule has 0 bridgehead atoms. The van der Waals surface area contributed by atoms with Crippen LogP contribution in [0.2, 0.25) is 0 Å². The maximum atomic E-state index is 5.80. The van der Waals surface area contributed by atoms with Gasteiger partial charge in [0.2, 0.25) is 0 Å². The largest absolute Gasteiger partial charge is 0.380 e. The predicted molar refractivity (Wildman–Crippen MR) is 63.9 cm³/mol. The van der Waals surface area contributed by atoms with E-state index >= 15 is 0 Å². The van der Waals surface area contributed by atoms with Crippen molar-refractivity contribution in [2.24, 2.45) is 11.1 Å². The van der Waals surface area contributed by atoms with Crippen molar-refractivity contribution < 1.29 is 4.74 Å². The molecular formula is C12H26N2O. The molecule has 1 fully saturated rings. The third kappa shape index (κ3) is 3.44. The molecule has 15 heavy (non-hydrogen) atoms. The average molecular weight is 214 g/mol. The number of hydrogen-bond donors (Lipinski definition) is 2. The van der Waals surface area contributed by atoms with Crippen LogP contribution in [0, 0.1) is 5.41 Å². The zero-order valence-electron chi connectivity index (χ0n) is 10.4. The van der Waals surface area contributed by atoms with E-state index in [0.717, 1.165) is 19.5 Å². The molecular weight excluding hydrogens is 188 g/mol. The minimum absolute atomic E-state index is 0.237. The predicted octanol–water partition coefficient (Wildman–Crippen LogP) is 1.52. The second-order valence-corrected chi connectivity index (χ2v) is 5.06. The van der Waals surface area contributed by atoms with Crippen molar-refractivity contribution in [2.45, 2.75) is 51.7 Å². The molecule has 0 amide bonds. The average Bonchev–Trinajstić information content (AvgIpc) is 2.73. The van der Waals surface area contributed by atoms with Crippen molar-refractivity contribution in [1.29, 1.82) is 0 Å². The number of nitrogens with two attached hydrogens (primary N) is 1. The highest BCUT2D eigenvalue weighted by Crippen LogP contribution is 2.24. The molecule has 0 aliphatic heterocycles. The number of methoxy groups -OCH3 is 1. The summed E-state index contributed by atoms with van der Waals surface area (Å²) in [6, 6.07) is 0.535. The highest BCUT2D eigenvalue weighted by atomic mass is 16.5. The molecule has 0 aromatic rings. The van der Waals surface area contributed by atoms with Gasteiger partial charge in [0, 0.05) is 19.7 Å². The SMILES string of the molecule is CCC(C)(CN)CNC1CCCC1OC. The molecule has 1 aliphatic carbocycles. The Morgan fingerprint density at radius 2 is 2.20 bits per heavy atom. The van der Waals surface area contributed by atoms with Gasteiger partial charge in [0.25, 0.3) is 0 Å². The minimum Gasteiger partial charge on any atom is -0.380 e. The van der Waals surface area contributed by atoms with E-state index in [-0.39, 0.29) is 5.41 Å². The van der Waals surface area contributed by atoms with E-state index in [0.29, 0.717) is 12.1 Å². The minimum atomic E-state index is 0.237. The van der Waals surface area contributed by atoms with Crippen molar-refractivity contribution in [3.05, 3.63) is 0 Å². The van der Waals surface area contributed by atoms with E-state index in [1.54, 1.807) is 0 Å². The lowest BCUT2D eigenvalue weighted by molar-refractivity contribution is 0.0809. The van der Waals surface area contributed by atoms with Crippen LogP contribution in [0.4, 0.5) is 0 Å². The van der Waals surface area contributed by atoms with Crippen LogP contribution >= 0.6 is 0 Å². The molecule has 0 radical (unpaired) electrons. The monoisotopic (exact) mass is 214 g/mol. The summed E-state index contributed by atoms with van der Waals surface area (Å²) in [5, 5.41) is 3.62. The number of rotatable bonds is 6. The standard InChI is InChI=1S/C12H26N2O/c1-4-12(2,8-13)9-14-10-6-5-7-11(10)15-3/h10-11,14H,4-9,13H2,1-3H3. The van der Waals surface area contributed by atoms with Gasteiger partial charge in [-0.25, -0.2) is 0 Å². The molecule has 0 saturated heterocycles. The summed E-state index contributed by atoms with van der Waals surface area (Å²) in [6.07, 6.45) is 5.24. The van der Waals surface area contributed by atoms with Crippen LogP contribution in [-0.2, 0) is 4.74 Å². The van der Waals surface area contributed by atoms with Gasteiger partial charge >= 0.3 is 0 Å². The van der Waals surface area contributed by atoms with E-state index in [4.69, 9.17) is 10.5 Å². The van der Waals surface area contributed by atoms with Gasteiger partial charge < -0.3 is 15.8 Å². The fourth-order valence-electron chi connectivity index (χ4n) is 2.16. The molecule has 3 atom stereocenters. The Hall–Kier alpha value is -0.120. The van der Waals surface area contributed by atoms with Gasteiger partial charge in [0.15, 0.2) is 0 Å². The third-order valence-electron chi connectivity index (χ3n) is 3.89. The Morgan fingerprint density at radius 1 is 1.47 bits per heavy atom. The Kier molecular flexibility index (Phi) is 5.03. The van der Waals surface area contributed by atoms with Crippen molar-refractivity contribution >= 4 is 0 Å². The molecule has 1 aliphatic rings. The normalized spacial score (nSPS) is 30.4. The summed E-state index contributed by atoms with van der Waals surface area (Å²) in [4.78, 5) is 0. The topological polar surface area (TPSA) is 47.3 Å². The smallest absolute Gasteiger partial charge is 0.0724 e. The first-order valence-electron chi connectivity index (χ1n) is 6.11. The maximum absolute atomic E-state index is 5.80. The van der Waals surface area contributed by atoms with E-state index in [1.807, 2.05) is 7.11 Å². The second-order valence-electron chi connectivity index (χ2n) is 5.06.